The Hall–Kier alpha value is -2.97. The zero-order valence-corrected chi connectivity index (χ0v) is 22.1. The van der Waals surface area contributed by atoms with E-state index in [1.54, 1.807) is 56.3 Å². The Labute approximate surface area is 221 Å². The predicted octanol–water partition coefficient (Wildman–Crippen LogP) is 6.03. The topological polar surface area (TPSA) is 106 Å². The van der Waals surface area contributed by atoms with Gasteiger partial charge in [-0.25, -0.2) is 4.79 Å². The Morgan fingerprint density at radius 2 is 1.50 bits per heavy atom. The monoisotopic (exact) mass is 535 g/mol. The Morgan fingerprint density at radius 3 is 2.08 bits per heavy atom. The van der Waals surface area contributed by atoms with Crippen molar-refractivity contribution in [1.29, 1.82) is 0 Å². The Balaban J connectivity index is 1.55. The highest BCUT2D eigenvalue weighted by molar-refractivity contribution is 6.35. The summed E-state index contributed by atoms with van der Waals surface area (Å²) in [6.45, 7) is 3.52. The first kappa shape index (κ1) is 27.6. The van der Waals surface area contributed by atoms with Crippen LogP contribution in [0.5, 0.6) is 5.75 Å². The van der Waals surface area contributed by atoms with E-state index in [0.717, 1.165) is 19.3 Å². The van der Waals surface area contributed by atoms with Gasteiger partial charge in [-0.1, -0.05) is 42.5 Å². The quantitative estimate of drug-likeness (QED) is 0.357. The summed E-state index contributed by atoms with van der Waals surface area (Å²) in [5, 5.41) is 9.07. The second kappa shape index (κ2) is 11.8. The minimum Gasteiger partial charge on any atom is -0.478 e. The number of carbonyl (C=O) groups excluding carboxylic acids is 3. The van der Waals surface area contributed by atoms with Crippen LogP contribution in [0.15, 0.2) is 42.5 Å². The Kier molecular flexibility index (Phi) is 9.08. The van der Waals surface area contributed by atoms with Crippen molar-refractivity contribution >= 4 is 52.5 Å². The molecule has 0 unspecified atom stereocenters. The summed E-state index contributed by atoms with van der Waals surface area (Å²) in [4.78, 5) is 37.6. The van der Waals surface area contributed by atoms with Crippen LogP contribution in [0.3, 0.4) is 0 Å². The zero-order chi connectivity index (χ0) is 26.3. The van der Waals surface area contributed by atoms with Gasteiger partial charge in [-0.2, -0.15) is 0 Å². The van der Waals surface area contributed by atoms with E-state index >= 15 is 0 Å². The fourth-order valence-electron chi connectivity index (χ4n) is 4.23. The van der Waals surface area contributed by atoms with Crippen molar-refractivity contribution in [3.8, 4) is 5.75 Å². The lowest BCUT2D eigenvalue weighted by Crippen LogP contribution is -2.52. The lowest BCUT2D eigenvalue weighted by atomic mass is 9.74. The molecule has 36 heavy (non-hydrogen) atoms. The molecule has 1 aliphatic rings. The molecule has 10 heteroatoms. The number of benzene rings is 2. The first-order valence-corrected chi connectivity index (χ1v) is 12.5. The van der Waals surface area contributed by atoms with Crippen LogP contribution in [0.1, 0.15) is 46.0 Å². The van der Waals surface area contributed by atoms with Gasteiger partial charge in [0.25, 0.3) is 5.91 Å². The number of hydrogen-bond acceptors (Lipinski definition) is 5. The van der Waals surface area contributed by atoms with Crippen molar-refractivity contribution in [1.82, 2.24) is 5.32 Å². The number of halogens is 2. The number of anilines is 2. The molecular weight excluding hydrogens is 505 g/mol. The second-order valence-electron chi connectivity index (χ2n) is 9.39. The van der Waals surface area contributed by atoms with Crippen molar-refractivity contribution in [3.63, 3.8) is 0 Å². The van der Waals surface area contributed by atoms with Crippen LogP contribution in [0.2, 0.25) is 10.0 Å². The normalized spacial score (nSPS) is 14.9. The third kappa shape index (κ3) is 7.27. The fourth-order valence-corrected chi connectivity index (χ4v) is 4.75. The average molecular weight is 536 g/mol. The standard InChI is InChI=1S/C26H31Cl2N3O5/c1-25(2,22(32)29-16-26(23(33)35-3)11-5-4-6-12-26)36-21-9-7-19(8-10-21)30-24(34)31-20-14-17(27)13-18(28)15-20/h7-10,13-15H,4-6,11-12,16H2,1-3H3,(H,29,32)(H2,30,31,34). The first-order chi connectivity index (χ1) is 17.0. The molecule has 1 aliphatic carbocycles. The number of ether oxygens (including phenoxy) is 2. The molecule has 0 spiro atoms. The van der Waals surface area contributed by atoms with E-state index < -0.39 is 17.0 Å². The van der Waals surface area contributed by atoms with Gasteiger partial charge in [0.1, 0.15) is 5.75 Å². The molecular formula is C26H31Cl2N3O5. The van der Waals surface area contributed by atoms with E-state index in [4.69, 9.17) is 32.7 Å². The van der Waals surface area contributed by atoms with E-state index in [-0.39, 0.29) is 18.4 Å². The summed E-state index contributed by atoms with van der Waals surface area (Å²) in [7, 11) is 1.38. The van der Waals surface area contributed by atoms with E-state index in [1.807, 2.05) is 0 Å². The summed E-state index contributed by atoms with van der Waals surface area (Å²) in [5.74, 6) is -0.173. The van der Waals surface area contributed by atoms with Crippen LogP contribution in [0.25, 0.3) is 0 Å². The molecule has 0 heterocycles. The highest BCUT2D eigenvalue weighted by atomic mass is 35.5. The Morgan fingerprint density at radius 1 is 0.917 bits per heavy atom. The number of hydrogen-bond donors (Lipinski definition) is 3. The van der Waals surface area contributed by atoms with Crippen LogP contribution >= 0.6 is 23.2 Å². The number of amides is 3. The van der Waals surface area contributed by atoms with Crippen molar-refractivity contribution in [2.45, 2.75) is 51.6 Å². The maximum atomic E-state index is 12.9. The van der Waals surface area contributed by atoms with Gasteiger partial charge in [0.05, 0.1) is 12.5 Å². The SMILES string of the molecule is COC(=O)C1(CNC(=O)C(C)(C)Oc2ccc(NC(=O)Nc3cc(Cl)cc(Cl)c3)cc2)CCCCC1. The third-order valence-corrected chi connectivity index (χ3v) is 6.61. The van der Waals surface area contributed by atoms with E-state index in [9.17, 15) is 14.4 Å². The molecule has 3 amide bonds. The van der Waals surface area contributed by atoms with E-state index in [0.29, 0.717) is 40.0 Å². The van der Waals surface area contributed by atoms with Gasteiger partial charge >= 0.3 is 12.0 Å². The number of nitrogens with one attached hydrogen (secondary N) is 3. The maximum absolute atomic E-state index is 12.9. The summed E-state index contributed by atoms with van der Waals surface area (Å²) in [5.41, 5.74) is -0.903. The molecule has 0 aromatic heterocycles. The molecule has 194 valence electrons. The second-order valence-corrected chi connectivity index (χ2v) is 10.3. The van der Waals surface area contributed by atoms with Crippen LogP contribution < -0.4 is 20.7 Å². The van der Waals surface area contributed by atoms with Crippen LogP contribution in [-0.4, -0.2) is 37.2 Å². The largest absolute Gasteiger partial charge is 0.478 e. The number of methoxy groups -OCH3 is 1. The van der Waals surface area contributed by atoms with E-state index in [1.165, 1.54) is 7.11 Å². The van der Waals surface area contributed by atoms with Crippen molar-refractivity contribution in [2.24, 2.45) is 5.41 Å². The number of urea groups is 1. The summed E-state index contributed by atoms with van der Waals surface area (Å²) >= 11 is 11.9. The highest BCUT2D eigenvalue weighted by Crippen LogP contribution is 2.37. The predicted molar refractivity (Wildman–Crippen MR) is 141 cm³/mol. The van der Waals surface area contributed by atoms with Crippen molar-refractivity contribution in [2.75, 3.05) is 24.3 Å². The highest BCUT2D eigenvalue weighted by Gasteiger charge is 2.42. The first-order valence-electron chi connectivity index (χ1n) is 11.7. The van der Waals surface area contributed by atoms with Crippen LogP contribution in [-0.2, 0) is 14.3 Å². The fraction of sp³-hybridized carbons (Fsp3) is 0.423. The van der Waals surface area contributed by atoms with Crippen LogP contribution in [0, 0.1) is 5.41 Å². The van der Waals surface area contributed by atoms with Gasteiger partial charge in [-0.05, 0) is 69.2 Å². The van der Waals surface area contributed by atoms with Gasteiger partial charge in [0, 0.05) is 28.0 Å². The van der Waals surface area contributed by atoms with Gasteiger partial charge in [0.2, 0.25) is 0 Å². The number of esters is 1. The minimum absolute atomic E-state index is 0.209. The molecule has 0 bridgehead atoms. The Bertz CT molecular complexity index is 1080. The molecule has 0 atom stereocenters. The lowest BCUT2D eigenvalue weighted by Gasteiger charge is -2.35. The molecule has 1 fully saturated rings. The van der Waals surface area contributed by atoms with Gasteiger partial charge in [-0.15, -0.1) is 0 Å². The van der Waals surface area contributed by atoms with Gasteiger partial charge in [-0.3, -0.25) is 9.59 Å². The maximum Gasteiger partial charge on any atom is 0.323 e. The zero-order valence-electron chi connectivity index (χ0n) is 20.6. The molecule has 3 rings (SSSR count). The lowest BCUT2D eigenvalue weighted by molar-refractivity contribution is -0.155. The smallest absolute Gasteiger partial charge is 0.323 e. The summed E-state index contributed by atoms with van der Waals surface area (Å²) in [6.07, 6.45) is 4.30. The van der Waals surface area contributed by atoms with Crippen LogP contribution in [0.4, 0.5) is 16.2 Å². The average Bonchev–Trinajstić information content (AvgIpc) is 2.83. The third-order valence-electron chi connectivity index (χ3n) is 6.17. The van der Waals surface area contributed by atoms with Gasteiger partial charge in [0.15, 0.2) is 5.60 Å². The molecule has 2 aromatic rings. The van der Waals surface area contributed by atoms with E-state index in [2.05, 4.69) is 16.0 Å². The molecule has 0 radical (unpaired) electrons. The molecule has 8 nitrogen and oxygen atoms in total. The van der Waals surface area contributed by atoms with Crippen molar-refractivity contribution in [3.05, 3.63) is 52.5 Å². The minimum atomic E-state index is -1.19. The molecule has 0 aliphatic heterocycles. The van der Waals surface area contributed by atoms with Gasteiger partial charge < -0.3 is 25.4 Å². The number of carbonyl (C=O) groups is 3. The van der Waals surface area contributed by atoms with Crippen molar-refractivity contribution < 1.29 is 23.9 Å². The summed E-state index contributed by atoms with van der Waals surface area (Å²) < 4.78 is 10.9. The number of rotatable bonds is 8. The summed E-state index contributed by atoms with van der Waals surface area (Å²) in [6, 6.07) is 10.9. The molecule has 1 saturated carbocycles. The molecule has 3 N–H and O–H groups in total. The molecule has 0 saturated heterocycles. The molecule has 2 aromatic carbocycles.